The average Bonchev–Trinajstić information content (AvgIpc) is 3.17. The Bertz CT molecular complexity index is 2070. The lowest BCUT2D eigenvalue weighted by Gasteiger charge is -2.48. The second-order valence-electron chi connectivity index (χ2n) is 12.7. The molecule has 256 valence electrons. The normalized spacial score (nSPS) is 16.0. The summed E-state index contributed by atoms with van der Waals surface area (Å²) in [5.41, 5.74) is 6.05. The Kier molecular flexibility index (Phi) is 10.1. The third-order valence-electron chi connectivity index (χ3n) is 9.33. The first-order valence-corrected chi connectivity index (χ1v) is 17.1. The van der Waals surface area contributed by atoms with Gasteiger partial charge in [-0.2, -0.15) is 0 Å². The van der Waals surface area contributed by atoms with E-state index in [1.54, 1.807) is 41.3 Å². The number of halogens is 1. The van der Waals surface area contributed by atoms with Crippen molar-refractivity contribution in [3.63, 3.8) is 0 Å². The van der Waals surface area contributed by atoms with E-state index in [4.69, 9.17) is 9.47 Å². The van der Waals surface area contributed by atoms with Crippen LogP contribution in [0.25, 0.3) is 11.1 Å². The van der Waals surface area contributed by atoms with Crippen LogP contribution in [0.2, 0.25) is 0 Å². The number of hydrogen-bond donors (Lipinski definition) is 2. The highest BCUT2D eigenvalue weighted by atomic mass is 19.1. The van der Waals surface area contributed by atoms with Gasteiger partial charge in [-0.3, -0.25) is 4.79 Å². The van der Waals surface area contributed by atoms with Gasteiger partial charge >= 0.3 is 0 Å². The Labute approximate surface area is 297 Å². The van der Waals surface area contributed by atoms with Crippen molar-refractivity contribution in [1.29, 1.82) is 0 Å². The van der Waals surface area contributed by atoms with E-state index in [-0.39, 0.29) is 17.5 Å². The third-order valence-corrected chi connectivity index (χ3v) is 9.33. The zero-order valence-electron chi connectivity index (χ0n) is 27.9. The van der Waals surface area contributed by atoms with Crippen molar-refractivity contribution >= 4 is 11.6 Å². The summed E-state index contributed by atoms with van der Waals surface area (Å²) in [4.78, 5) is 15.6. The molecule has 0 aliphatic carbocycles. The van der Waals surface area contributed by atoms with Gasteiger partial charge in [0.15, 0.2) is 0 Å². The molecule has 3 atom stereocenters. The summed E-state index contributed by atoms with van der Waals surface area (Å²) in [5, 5.41) is 21.0. The molecule has 1 aliphatic rings. The van der Waals surface area contributed by atoms with Crippen LogP contribution in [0.5, 0.6) is 17.2 Å². The maximum atomic E-state index is 13.9. The highest BCUT2D eigenvalue weighted by Gasteiger charge is 2.49. The van der Waals surface area contributed by atoms with Crippen LogP contribution in [0.4, 0.5) is 10.1 Å². The Morgan fingerprint density at radius 2 is 1.33 bits per heavy atom. The molecule has 2 unspecified atom stereocenters. The zero-order chi connectivity index (χ0) is 35.2. The first-order valence-electron chi connectivity index (χ1n) is 17.1. The second kappa shape index (κ2) is 15.3. The highest BCUT2D eigenvalue weighted by Crippen LogP contribution is 2.49. The number of phenolic OH excluding ortho intramolecular Hbond substituents is 1. The summed E-state index contributed by atoms with van der Waals surface area (Å²) < 4.78 is 26.3. The van der Waals surface area contributed by atoms with Gasteiger partial charge in [-0.25, -0.2) is 4.39 Å². The van der Waals surface area contributed by atoms with E-state index in [9.17, 15) is 19.4 Å². The topological polar surface area (TPSA) is 79.2 Å². The molecule has 6 nitrogen and oxygen atoms in total. The molecule has 1 amide bonds. The number of β-lactam (4-membered cyclic amide) rings is 1. The molecule has 0 radical (unpaired) electrons. The molecule has 1 fully saturated rings. The predicted octanol–water partition coefficient (Wildman–Crippen LogP) is 9.57. The molecule has 1 saturated heterocycles. The number of phenols is 1. The van der Waals surface area contributed by atoms with Crippen LogP contribution in [-0.2, 0) is 18.0 Å². The molecule has 0 bridgehead atoms. The number of aromatic hydroxyl groups is 1. The smallest absolute Gasteiger partial charge is 0.233 e. The molecule has 7 rings (SSSR count). The van der Waals surface area contributed by atoms with Gasteiger partial charge in [-0.05, 0) is 95.3 Å². The number of carbonyl (C=O) groups is 1. The van der Waals surface area contributed by atoms with Crippen molar-refractivity contribution in [2.45, 2.75) is 38.2 Å². The summed E-state index contributed by atoms with van der Waals surface area (Å²) in [6.07, 6.45) is -0.137. The van der Waals surface area contributed by atoms with Crippen molar-refractivity contribution in [3.05, 3.63) is 180 Å². The molecule has 0 saturated carbocycles. The number of aliphatic hydroxyl groups excluding tert-OH is 1. The Morgan fingerprint density at radius 3 is 2.02 bits per heavy atom. The van der Waals surface area contributed by atoms with E-state index in [1.807, 2.05) is 103 Å². The maximum Gasteiger partial charge on any atom is 0.233 e. The van der Waals surface area contributed by atoms with Gasteiger partial charge in [0.2, 0.25) is 5.91 Å². The van der Waals surface area contributed by atoms with Crippen LogP contribution in [-0.4, -0.2) is 16.1 Å². The summed E-state index contributed by atoms with van der Waals surface area (Å²) in [7, 11) is 0. The van der Waals surface area contributed by atoms with E-state index in [0.717, 1.165) is 33.6 Å². The van der Waals surface area contributed by atoms with E-state index in [2.05, 4.69) is 0 Å². The Balaban J connectivity index is 1.21. The van der Waals surface area contributed by atoms with Crippen LogP contribution >= 0.6 is 0 Å². The standard InChI is InChI=1S/C44H38FNO5/c45-35-17-14-32(15-18-35)41(48)25-24-40-43(46(44(40)49)36-19-21-37(47)22-20-36)39-23-16-34(27-42(39)51-29-31-10-5-2-6-11-31)33-12-7-13-38(26-33)50-28-30-8-3-1-4-9-30/h1-23,26-27,40-41,43,47-48H,24-25,28-29H2/t40?,41?,43-/m0/s1. The van der Waals surface area contributed by atoms with Gasteiger partial charge in [0.1, 0.15) is 36.3 Å². The Hall–Kier alpha value is -5.92. The molecule has 6 aromatic carbocycles. The lowest BCUT2D eigenvalue weighted by molar-refractivity contribution is -0.131. The van der Waals surface area contributed by atoms with Crippen molar-refractivity contribution in [2.24, 2.45) is 5.92 Å². The van der Waals surface area contributed by atoms with Crippen molar-refractivity contribution in [3.8, 4) is 28.4 Å². The largest absolute Gasteiger partial charge is 0.508 e. The molecule has 0 aromatic heterocycles. The van der Waals surface area contributed by atoms with E-state index >= 15 is 0 Å². The van der Waals surface area contributed by atoms with Crippen molar-refractivity contribution < 1.29 is 28.9 Å². The van der Waals surface area contributed by atoms with Gasteiger partial charge in [0, 0.05) is 11.3 Å². The van der Waals surface area contributed by atoms with Crippen LogP contribution in [0, 0.1) is 11.7 Å². The quantitative estimate of drug-likeness (QED) is 0.119. The van der Waals surface area contributed by atoms with E-state index in [1.165, 1.54) is 12.1 Å². The van der Waals surface area contributed by atoms with Gasteiger partial charge < -0.3 is 24.6 Å². The minimum Gasteiger partial charge on any atom is -0.508 e. The number of ether oxygens (including phenoxy) is 2. The lowest BCUT2D eigenvalue weighted by atomic mass is 9.77. The fourth-order valence-electron chi connectivity index (χ4n) is 6.60. The third kappa shape index (κ3) is 7.79. The molecule has 7 heteroatoms. The first kappa shape index (κ1) is 33.6. The van der Waals surface area contributed by atoms with Crippen molar-refractivity contribution in [1.82, 2.24) is 0 Å². The lowest BCUT2D eigenvalue weighted by Crippen LogP contribution is -2.55. The first-order chi connectivity index (χ1) is 24.9. The SMILES string of the molecule is O=C1C(CCC(O)c2ccc(F)cc2)[C@H](c2ccc(-c3cccc(OCc4ccccc4)c3)cc2OCc2ccccc2)N1c1ccc(O)cc1. The second-order valence-corrected chi connectivity index (χ2v) is 12.7. The van der Waals surface area contributed by atoms with Gasteiger partial charge in [-0.15, -0.1) is 0 Å². The summed E-state index contributed by atoms with van der Waals surface area (Å²) in [6.45, 7) is 0.778. The fraction of sp³-hybridized carbons (Fsp3) is 0.159. The van der Waals surface area contributed by atoms with Gasteiger partial charge in [0.25, 0.3) is 0 Å². The Morgan fingerprint density at radius 1 is 0.686 bits per heavy atom. The van der Waals surface area contributed by atoms with Crippen LogP contribution in [0.15, 0.2) is 152 Å². The molecule has 51 heavy (non-hydrogen) atoms. The number of carbonyl (C=O) groups excluding carboxylic acids is 1. The van der Waals surface area contributed by atoms with E-state index < -0.39 is 18.1 Å². The number of benzene rings is 6. The summed E-state index contributed by atoms with van der Waals surface area (Å²) >= 11 is 0. The zero-order valence-corrected chi connectivity index (χ0v) is 27.9. The van der Waals surface area contributed by atoms with Gasteiger partial charge in [-0.1, -0.05) is 97.1 Å². The number of anilines is 1. The minimum atomic E-state index is -0.852. The monoisotopic (exact) mass is 679 g/mol. The molecule has 0 spiro atoms. The van der Waals surface area contributed by atoms with Crippen LogP contribution < -0.4 is 14.4 Å². The number of hydrogen-bond acceptors (Lipinski definition) is 5. The highest BCUT2D eigenvalue weighted by molar-refractivity contribution is 6.03. The van der Waals surface area contributed by atoms with Crippen LogP contribution in [0.1, 0.15) is 47.2 Å². The molecular weight excluding hydrogens is 641 g/mol. The number of amides is 1. The molecular formula is C44H38FNO5. The average molecular weight is 680 g/mol. The van der Waals surface area contributed by atoms with Crippen molar-refractivity contribution in [2.75, 3.05) is 4.90 Å². The fourth-order valence-corrected chi connectivity index (χ4v) is 6.60. The predicted molar refractivity (Wildman–Crippen MR) is 196 cm³/mol. The molecule has 1 aliphatic heterocycles. The van der Waals surface area contributed by atoms with Gasteiger partial charge in [0.05, 0.1) is 18.1 Å². The summed E-state index contributed by atoms with van der Waals surface area (Å²) in [6, 6.07) is 45.9. The maximum absolute atomic E-state index is 13.9. The van der Waals surface area contributed by atoms with Crippen LogP contribution in [0.3, 0.4) is 0 Å². The summed E-state index contributed by atoms with van der Waals surface area (Å²) in [5.74, 6) is 0.579. The number of aliphatic hydroxyl groups is 1. The minimum absolute atomic E-state index is 0.0849. The molecule has 2 N–H and O–H groups in total. The number of nitrogens with zero attached hydrogens (tertiary/aromatic N) is 1. The molecule has 6 aromatic rings. The van der Waals surface area contributed by atoms with E-state index in [0.29, 0.717) is 43.1 Å². The molecule has 1 heterocycles. The number of rotatable bonds is 13.